The Balaban J connectivity index is 2.10. The number of hydrogen-bond donors (Lipinski definition) is 2. The number of nitrogens with two attached hydrogens (primary N) is 1. The standard InChI is InChI=1S/C13H12N4S/c1-8-4-2-3-5-10(8)15-11-9-6-7-18-12(9)17-13(14)16-11/h2-7H,1H3,(H3,14,15,16,17). The van der Waals surface area contributed by atoms with Gasteiger partial charge in [-0.1, -0.05) is 18.2 Å². The van der Waals surface area contributed by atoms with Crippen LogP contribution in [0.25, 0.3) is 10.2 Å². The summed E-state index contributed by atoms with van der Waals surface area (Å²) >= 11 is 1.56. The lowest BCUT2D eigenvalue weighted by atomic mass is 10.2. The Morgan fingerprint density at radius 3 is 2.83 bits per heavy atom. The van der Waals surface area contributed by atoms with E-state index in [0.29, 0.717) is 5.95 Å². The Kier molecular flexibility index (Phi) is 2.60. The van der Waals surface area contributed by atoms with Crippen LogP contribution in [0.1, 0.15) is 5.56 Å². The van der Waals surface area contributed by atoms with Crippen molar-refractivity contribution in [2.24, 2.45) is 0 Å². The van der Waals surface area contributed by atoms with E-state index in [0.717, 1.165) is 27.3 Å². The highest BCUT2D eigenvalue weighted by Crippen LogP contribution is 2.28. The third-order valence-electron chi connectivity index (χ3n) is 2.74. The molecule has 0 bridgehead atoms. The Hall–Kier alpha value is -2.14. The molecule has 3 rings (SSSR count). The fraction of sp³-hybridized carbons (Fsp3) is 0.0769. The zero-order valence-corrected chi connectivity index (χ0v) is 10.7. The third-order valence-corrected chi connectivity index (χ3v) is 3.55. The molecule has 4 nitrogen and oxygen atoms in total. The van der Waals surface area contributed by atoms with Crippen LogP contribution < -0.4 is 11.1 Å². The molecule has 0 spiro atoms. The number of fused-ring (bicyclic) bond motifs is 1. The molecule has 5 heteroatoms. The quantitative estimate of drug-likeness (QED) is 0.738. The highest BCUT2D eigenvalue weighted by Gasteiger charge is 2.08. The van der Waals surface area contributed by atoms with E-state index in [-0.39, 0.29) is 0 Å². The van der Waals surface area contributed by atoms with Gasteiger partial charge in [0.2, 0.25) is 5.95 Å². The molecular weight excluding hydrogens is 244 g/mol. The molecule has 0 amide bonds. The monoisotopic (exact) mass is 256 g/mol. The number of aromatic nitrogens is 2. The minimum absolute atomic E-state index is 0.293. The molecule has 0 fully saturated rings. The molecule has 0 atom stereocenters. The molecule has 1 aromatic carbocycles. The molecule has 2 aromatic heterocycles. The van der Waals surface area contributed by atoms with Gasteiger partial charge < -0.3 is 11.1 Å². The summed E-state index contributed by atoms with van der Waals surface area (Å²) < 4.78 is 0. The molecule has 3 aromatic rings. The minimum Gasteiger partial charge on any atom is -0.368 e. The third kappa shape index (κ3) is 1.89. The molecule has 0 aliphatic heterocycles. The van der Waals surface area contributed by atoms with Gasteiger partial charge in [-0.05, 0) is 30.0 Å². The number of nitrogens with one attached hydrogen (secondary N) is 1. The van der Waals surface area contributed by atoms with Crippen LogP contribution in [0, 0.1) is 6.92 Å². The van der Waals surface area contributed by atoms with Crippen molar-refractivity contribution in [1.82, 2.24) is 9.97 Å². The average molecular weight is 256 g/mol. The van der Waals surface area contributed by atoms with E-state index in [1.54, 1.807) is 11.3 Å². The second-order valence-electron chi connectivity index (χ2n) is 4.01. The Morgan fingerprint density at radius 2 is 2.00 bits per heavy atom. The van der Waals surface area contributed by atoms with Gasteiger partial charge in [0.1, 0.15) is 10.6 Å². The first-order chi connectivity index (χ1) is 8.74. The summed E-state index contributed by atoms with van der Waals surface area (Å²) in [4.78, 5) is 9.38. The van der Waals surface area contributed by atoms with Crippen LogP contribution in [0.3, 0.4) is 0 Å². The van der Waals surface area contributed by atoms with E-state index >= 15 is 0 Å². The van der Waals surface area contributed by atoms with Crippen LogP contribution in [0.2, 0.25) is 0 Å². The SMILES string of the molecule is Cc1ccccc1Nc1nc(N)nc2sccc12. The smallest absolute Gasteiger partial charge is 0.223 e. The summed E-state index contributed by atoms with van der Waals surface area (Å²) in [7, 11) is 0. The first kappa shape index (κ1) is 11.0. The van der Waals surface area contributed by atoms with E-state index in [9.17, 15) is 0 Å². The summed E-state index contributed by atoms with van der Waals surface area (Å²) in [6, 6.07) is 10.1. The Bertz CT molecular complexity index is 705. The van der Waals surface area contributed by atoms with E-state index in [1.807, 2.05) is 29.6 Å². The van der Waals surface area contributed by atoms with E-state index in [2.05, 4.69) is 28.3 Å². The number of rotatable bonds is 2. The average Bonchev–Trinajstić information content (AvgIpc) is 2.80. The van der Waals surface area contributed by atoms with Crippen molar-refractivity contribution in [3.8, 4) is 0 Å². The van der Waals surface area contributed by atoms with Crippen molar-refractivity contribution in [3.63, 3.8) is 0 Å². The van der Waals surface area contributed by atoms with Gasteiger partial charge in [-0.25, -0.2) is 4.98 Å². The number of anilines is 3. The highest BCUT2D eigenvalue weighted by molar-refractivity contribution is 7.16. The Morgan fingerprint density at radius 1 is 1.17 bits per heavy atom. The summed E-state index contributed by atoms with van der Waals surface area (Å²) in [5, 5.41) is 6.30. The van der Waals surface area contributed by atoms with Gasteiger partial charge >= 0.3 is 0 Å². The van der Waals surface area contributed by atoms with Crippen LogP contribution in [0.4, 0.5) is 17.5 Å². The first-order valence-electron chi connectivity index (χ1n) is 5.57. The van der Waals surface area contributed by atoms with Crippen LogP contribution in [0.15, 0.2) is 35.7 Å². The molecule has 18 heavy (non-hydrogen) atoms. The van der Waals surface area contributed by atoms with E-state index in [1.165, 1.54) is 0 Å². The zero-order chi connectivity index (χ0) is 12.5. The molecular formula is C13H12N4S. The van der Waals surface area contributed by atoms with Gasteiger partial charge in [0.15, 0.2) is 0 Å². The maximum absolute atomic E-state index is 5.72. The molecule has 0 aliphatic rings. The summed E-state index contributed by atoms with van der Waals surface area (Å²) in [6.45, 7) is 2.05. The van der Waals surface area contributed by atoms with Gasteiger partial charge in [-0.2, -0.15) is 4.98 Å². The lowest BCUT2D eigenvalue weighted by molar-refractivity contribution is 1.24. The van der Waals surface area contributed by atoms with Gasteiger partial charge in [-0.15, -0.1) is 11.3 Å². The van der Waals surface area contributed by atoms with Crippen molar-refractivity contribution in [1.29, 1.82) is 0 Å². The number of nitrogens with zero attached hydrogens (tertiary/aromatic N) is 2. The number of benzene rings is 1. The predicted octanol–water partition coefficient (Wildman–Crippen LogP) is 3.33. The molecule has 0 saturated carbocycles. The maximum atomic E-state index is 5.72. The minimum atomic E-state index is 0.293. The number of nitrogen functional groups attached to an aromatic ring is 1. The van der Waals surface area contributed by atoms with Crippen molar-refractivity contribution >= 4 is 39.0 Å². The number of thiophene rings is 1. The van der Waals surface area contributed by atoms with Gasteiger partial charge in [0.25, 0.3) is 0 Å². The predicted molar refractivity (Wildman–Crippen MR) is 76.3 cm³/mol. The molecule has 0 aliphatic carbocycles. The van der Waals surface area contributed by atoms with Gasteiger partial charge in [0, 0.05) is 5.69 Å². The fourth-order valence-corrected chi connectivity index (χ4v) is 2.58. The van der Waals surface area contributed by atoms with Crippen LogP contribution in [-0.2, 0) is 0 Å². The molecule has 3 N–H and O–H groups in total. The van der Waals surface area contributed by atoms with E-state index < -0.39 is 0 Å². The normalized spacial score (nSPS) is 10.7. The van der Waals surface area contributed by atoms with Gasteiger partial charge in [0.05, 0.1) is 5.39 Å². The number of hydrogen-bond acceptors (Lipinski definition) is 5. The summed E-state index contributed by atoms with van der Waals surface area (Å²) in [6.07, 6.45) is 0. The Labute approximate surface area is 109 Å². The zero-order valence-electron chi connectivity index (χ0n) is 9.84. The largest absolute Gasteiger partial charge is 0.368 e. The fourth-order valence-electron chi connectivity index (χ4n) is 1.81. The molecule has 0 unspecified atom stereocenters. The van der Waals surface area contributed by atoms with Crippen molar-refractivity contribution in [2.45, 2.75) is 6.92 Å². The summed E-state index contributed by atoms with van der Waals surface area (Å²) in [5.41, 5.74) is 7.92. The second-order valence-corrected chi connectivity index (χ2v) is 4.90. The molecule has 90 valence electrons. The van der Waals surface area contributed by atoms with Crippen molar-refractivity contribution < 1.29 is 0 Å². The number of para-hydroxylation sites is 1. The number of aryl methyl sites for hydroxylation is 1. The van der Waals surface area contributed by atoms with Crippen LogP contribution in [0.5, 0.6) is 0 Å². The van der Waals surface area contributed by atoms with Crippen LogP contribution in [-0.4, -0.2) is 9.97 Å². The molecule has 0 radical (unpaired) electrons. The van der Waals surface area contributed by atoms with Gasteiger partial charge in [-0.3, -0.25) is 0 Å². The maximum Gasteiger partial charge on any atom is 0.223 e. The molecule has 2 heterocycles. The lowest BCUT2D eigenvalue weighted by Crippen LogP contribution is -2.00. The molecule has 0 saturated heterocycles. The second kappa shape index (κ2) is 4.27. The van der Waals surface area contributed by atoms with E-state index in [4.69, 9.17) is 5.73 Å². The topological polar surface area (TPSA) is 63.8 Å². The summed E-state index contributed by atoms with van der Waals surface area (Å²) in [5.74, 6) is 1.05. The van der Waals surface area contributed by atoms with Crippen LogP contribution >= 0.6 is 11.3 Å². The first-order valence-corrected chi connectivity index (χ1v) is 6.45. The van der Waals surface area contributed by atoms with Crippen molar-refractivity contribution in [2.75, 3.05) is 11.1 Å². The lowest BCUT2D eigenvalue weighted by Gasteiger charge is -2.09. The highest BCUT2D eigenvalue weighted by atomic mass is 32.1. The van der Waals surface area contributed by atoms with Crippen molar-refractivity contribution in [3.05, 3.63) is 41.3 Å².